The van der Waals surface area contributed by atoms with Crippen LogP contribution in [0.25, 0.3) is 22.0 Å². The van der Waals surface area contributed by atoms with Crippen LogP contribution in [-0.2, 0) is 6.18 Å². The fourth-order valence-electron chi connectivity index (χ4n) is 2.39. The van der Waals surface area contributed by atoms with Gasteiger partial charge in [0, 0.05) is 5.39 Å². The number of nitrogens with zero attached hydrogens (tertiary/aromatic N) is 1. The first-order chi connectivity index (χ1) is 11.3. The molecule has 0 atom stereocenters. The van der Waals surface area contributed by atoms with Crippen molar-refractivity contribution in [1.82, 2.24) is 4.98 Å². The number of alkyl halides is 3. The van der Waals surface area contributed by atoms with Crippen LogP contribution in [0.15, 0.2) is 48.5 Å². The molecule has 0 saturated carbocycles. The number of aromatic nitrogens is 1. The molecule has 122 valence electrons. The van der Waals surface area contributed by atoms with Crippen LogP contribution in [0, 0.1) is 0 Å². The topological polar surface area (TPSA) is 50.2 Å². The molecule has 1 heterocycles. The van der Waals surface area contributed by atoms with Crippen molar-refractivity contribution < 1.29 is 23.1 Å². The molecular formula is C17H9ClF3NO2. The average molecular weight is 352 g/mol. The van der Waals surface area contributed by atoms with Crippen molar-refractivity contribution in [1.29, 1.82) is 0 Å². The fraction of sp³-hybridized carbons (Fsp3) is 0.0588. The van der Waals surface area contributed by atoms with Gasteiger partial charge in [0.25, 0.3) is 0 Å². The third kappa shape index (κ3) is 2.92. The number of hydrogen-bond donors (Lipinski definition) is 1. The molecule has 0 saturated heterocycles. The Morgan fingerprint density at radius 1 is 1.04 bits per heavy atom. The zero-order valence-corrected chi connectivity index (χ0v) is 12.7. The molecule has 3 aromatic rings. The van der Waals surface area contributed by atoms with Crippen molar-refractivity contribution in [2.45, 2.75) is 6.18 Å². The summed E-state index contributed by atoms with van der Waals surface area (Å²) in [5.41, 5.74) is -0.599. The average Bonchev–Trinajstić information content (AvgIpc) is 2.53. The van der Waals surface area contributed by atoms with Gasteiger partial charge in [0.05, 0.1) is 16.1 Å². The van der Waals surface area contributed by atoms with Gasteiger partial charge in [-0.1, -0.05) is 41.9 Å². The number of fused-ring (bicyclic) bond motifs is 1. The molecule has 0 spiro atoms. The second-order valence-electron chi connectivity index (χ2n) is 5.08. The van der Waals surface area contributed by atoms with E-state index >= 15 is 0 Å². The summed E-state index contributed by atoms with van der Waals surface area (Å²) in [6.07, 6.45) is -4.72. The SMILES string of the molecule is O=C(O)c1cc(-c2ccccc2)cc2c(Cl)cc(C(F)(F)F)nc12. The second-order valence-corrected chi connectivity index (χ2v) is 5.49. The minimum Gasteiger partial charge on any atom is -0.478 e. The highest BCUT2D eigenvalue weighted by atomic mass is 35.5. The largest absolute Gasteiger partial charge is 0.478 e. The van der Waals surface area contributed by atoms with E-state index in [1.165, 1.54) is 12.1 Å². The van der Waals surface area contributed by atoms with Crippen LogP contribution in [0.2, 0.25) is 5.02 Å². The summed E-state index contributed by atoms with van der Waals surface area (Å²) in [7, 11) is 0. The number of hydrogen-bond acceptors (Lipinski definition) is 2. The number of aromatic carboxylic acids is 1. The minimum atomic E-state index is -4.72. The smallest absolute Gasteiger partial charge is 0.433 e. The van der Waals surface area contributed by atoms with Gasteiger partial charge in [0.1, 0.15) is 5.69 Å². The highest BCUT2D eigenvalue weighted by Gasteiger charge is 2.34. The summed E-state index contributed by atoms with van der Waals surface area (Å²) in [5.74, 6) is -1.37. The van der Waals surface area contributed by atoms with Crippen LogP contribution in [0.4, 0.5) is 13.2 Å². The maximum absolute atomic E-state index is 12.9. The highest BCUT2D eigenvalue weighted by molar-refractivity contribution is 6.36. The maximum atomic E-state index is 12.9. The van der Waals surface area contributed by atoms with E-state index in [1.807, 2.05) is 0 Å². The molecule has 0 aliphatic rings. The van der Waals surface area contributed by atoms with E-state index in [2.05, 4.69) is 4.98 Å². The Labute approximate surface area is 139 Å². The fourth-order valence-corrected chi connectivity index (χ4v) is 2.64. The Morgan fingerprint density at radius 3 is 2.29 bits per heavy atom. The number of rotatable bonds is 2. The number of pyridine rings is 1. The first-order valence-electron chi connectivity index (χ1n) is 6.77. The molecular weight excluding hydrogens is 343 g/mol. The van der Waals surface area contributed by atoms with Gasteiger partial charge in [-0.25, -0.2) is 9.78 Å². The van der Waals surface area contributed by atoms with Crippen LogP contribution in [0.5, 0.6) is 0 Å². The van der Waals surface area contributed by atoms with Gasteiger partial charge >= 0.3 is 12.1 Å². The van der Waals surface area contributed by atoms with Crippen molar-refractivity contribution in [2.24, 2.45) is 0 Å². The zero-order valence-electron chi connectivity index (χ0n) is 11.9. The molecule has 2 aromatic carbocycles. The maximum Gasteiger partial charge on any atom is 0.433 e. The van der Waals surface area contributed by atoms with Gasteiger partial charge < -0.3 is 5.11 Å². The summed E-state index contributed by atoms with van der Waals surface area (Å²) < 4.78 is 38.7. The number of halogens is 4. The summed E-state index contributed by atoms with van der Waals surface area (Å²) in [6.45, 7) is 0. The number of carbonyl (C=O) groups is 1. The third-order valence-corrected chi connectivity index (χ3v) is 3.80. The standard InChI is InChI=1S/C17H9ClF3NO2/c18-13-8-14(17(19,20)21)22-15-11(13)6-10(7-12(15)16(23)24)9-4-2-1-3-5-9/h1-8H,(H,23,24). The Bertz CT molecular complexity index is 940. The number of carboxylic acids is 1. The molecule has 0 radical (unpaired) electrons. The molecule has 3 nitrogen and oxygen atoms in total. The molecule has 3 rings (SSSR count). The Balaban J connectivity index is 2.35. The van der Waals surface area contributed by atoms with Gasteiger partial charge in [-0.2, -0.15) is 13.2 Å². The van der Waals surface area contributed by atoms with Crippen molar-refractivity contribution in [3.8, 4) is 11.1 Å². The summed E-state index contributed by atoms with van der Waals surface area (Å²) >= 11 is 5.97. The molecule has 0 aliphatic carbocycles. The molecule has 1 aromatic heterocycles. The van der Waals surface area contributed by atoms with E-state index in [-0.39, 0.29) is 21.5 Å². The van der Waals surface area contributed by atoms with Gasteiger partial charge in [-0.05, 0) is 29.3 Å². The van der Waals surface area contributed by atoms with Crippen LogP contribution < -0.4 is 0 Å². The van der Waals surface area contributed by atoms with Crippen LogP contribution in [-0.4, -0.2) is 16.1 Å². The number of carboxylic acid groups (broad SMARTS) is 1. The van der Waals surface area contributed by atoms with Crippen LogP contribution in [0.3, 0.4) is 0 Å². The third-order valence-electron chi connectivity index (χ3n) is 3.49. The van der Waals surface area contributed by atoms with Crippen molar-refractivity contribution in [2.75, 3.05) is 0 Å². The molecule has 0 bridgehead atoms. The first-order valence-corrected chi connectivity index (χ1v) is 7.15. The zero-order chi connectivity index (χ0) is 17.5. The van der Waals surface area contributed by atoms with Crippen LogP contribution >= 0.6 is 11.6 Å². The molecule has 0 aliphatic heterocycles. The normalized spacial score (nSPS) is 11.7. The lowest BCUT2D eigenvalue weighted by Gasteiger charge is -2.12. The van der Waals surface area contributed by atoms with E-state index in [9.17, 15) is 23.1 Å². The Kier molecular flexibility index (Phi) is 3.93. The predicted molar refractivity (Wildman–Crippen MR) is 84.2 cm³/mol. The quantitative estimate of drug-likeness (QED) is 0.684. The second kappa shape index (κ2) is 5.79. The number of benzene rings is 2. The summed E-state index contributed by atoms with van der Waals surface area (Å²) in [5, 5.41) is 9.33. The van der Waals surface area contributed by atoms with Gasteiger partial charge in [-0.3, -0.25) is 0 Å². The lowest BCUT2D eigenvalue weighted by Crippen LogP contribution is -2.10. The van der Waals surface area contributed by atoms with E-state index in [0.29, 0.717) is 11.6 Å². The summed E-state index contributed by atoms with van der Waals surface area (Å²) in [6, 6.07) is 12.4. The molecule has 24 heavy (non-hydrogen) atoms. The minimum absolute atomic E-state index is 0.156. The summed E-state index contributed by atoms with van der Waals surface area (Å²) in [4.78, 5) is 15.0. The lowest BCUT2D eigenvalue weighted by atomic mass is 9.99. The van der Waals surface area contributed by atoms with E-state index in [0.717, 1.165) is 5.56 Å². The molecule has 0 fully saturated rings. The van der Waals surface area contributed by atoms with E-state index < -0.39 is 17.8 Å². The molecule has 1 N–H and O–H groups in total. The van der Waals surface area contributed by atoms with Gasteiger partial charge in [0.15, 0.2) is 0 Å². The predicted octanol–water partition coefficient (Wildman–Crippen LogP) is 5.27. The Morgan fingerprint density at radius 2 is 1.71 bits per heavy atom. The molecule has 0 unspecified atom stereocenters. The monoisotopic (exact) mass is 351 g/mol. The van der Waals surface area contributed by atoms with Crippen molar-refractivity contribution in [3.63, 3.8) is 0 Å². The highest BCUT2D eigenvalue weighted by Crippen LogP contribution is 2.36. The molecule has 0 amide bonds. The first kappa shape index (κ1) is 16.3. The lowest BCUT2D eigenvalue weighted by molar-refractivity contribution is -0.140. The molecule has 7 heteroatoms. The van der Waals surface area contributed by atoms with Gasteiger partial charge in [-0.15, -0.1) is 0 Å². The van der Waals surface area contributed by atoms with E-state index in [1.54, 1.807) is 30.3 Å². The van der Waals surface area contributed by atoms with Crippen molar-refractivity contribution in [3.05, 3.63) is 64.8 Å². The van der Waals surface area contributed by atoms with Crippen LogP contribution in [0.1, 0.15) is 16.1 Å². The van der Waals surface area contributed by atoms with Gasteiger partial charge in [0.2, 0.25) is 0 Å². The van der Waals surface area contributed by atoms with Crippen molar-refractivity contribution >= 4 is 28.5 Å². The Hall–Kier alpha value is -2.60. The van der Waals surface area contributed by atoms with E-state index in [4.69, 9.17) is 11.6 Å².